The number of hydrogen-bond acceptors (Lipinski definition) is 3. The Balaban J connectivity index is 1.60. The number of carbonyl (C=O) groups is 2. The fourth-order valence-electron chi connectivity index (χ4n) is 3.89. The number of carbonyl (C=O) groups excluding carboxylic acids is 1. The molecule has 35 heavy (non-hydrogen) atoms. The average molecular weight is 475 g/mol. The summed E-state index contributed by atoms with van der Waals surface area (Å²) in [5.41, 5.74) is 4.32. The number of aryl methyl sites for hydroxylation is 1. The molecule has 0 bridgehead atoms. The van der Waals surface area contributed by atoms with Crippen LogP contribution in [0.1, 0.15) is 40.7 Å². The van der Waals surface area contributed by atoms with Crippen molar-refractivity contribution < 1.29 is 23.5 Å². The highest BCUT2D eigenvalue weighted by atomic mass is 19.1. The van der Waals surface area contributed by atoms with Gasteiger partial charge in [0.2, 0.25) is 0 Å². The molecule has 0 fully saturated rings. The summed E-state index contributed by atoms with van der Waals surface area (Å²) in [4.78, 5) is 28.4. The molecule has 0 aliphatic heterocycles. The van der Waals surface area contributed by atoms with Crippen LogP contribution in [0.25, 0.3) is 22.2 Å². The first-order chi connectivity index (χ1) is 16.9. The molecular formula is C28H24F2N2O3. The zero-order valence-electron chi connectivity index (χ0n) is 18.9. The Kier molecular flexibility index (Phi) is 7.45. The molecule has 0 atom stereocenters. The highest BCUT2D eigenvalue weighted by Crippen LogP contribution is 2.28. The number of rotatable bonds is 9. The monoisotopic (exact) mass is 474 g/mol. The van der Waals surface area contributed by atoms with Gasteiger partial charge in [-0.1, -0.05) is 12.1 Å². The number of hydrogen-bond donors (Lipinski definition) is 2. The van der Waals surface area contributed by atoms with E-state index in [2.05, 4.69) is 5.32 Å². The summed E-state index contributed by atoms with van der Waals surface area (Å²) in [6, 6.07) is 19.2. The van der Waals surface area contributed by atoms with Crippen molar-refractivity contribution in [3.63, 3.8) is 0 Å². The lowest BCUT2D eigenvalue weighted by Gasteiger charge is -2.12. The van der Waals surface area contributed by atoms with E-state index < -0.39 is 5.97 Å². The highest BCUT2D eigenvalue weighted by molar-refractivity contribution is 5.98. The second-order valence-corrected chi connectivity index (χ2v) is 8.32. The molecule has 4 aromatic rings. The molecule has 1 aromatic heterocycles. The second-order valence-electron chi connectivity index (χ2n) is 8.32. The summed E-state index contributed by atoms with van der Waals surface area (Å²) in [6.07, 6.45) is 1.88. The van der Waals surface area contributed by atoms with Crippen molar-refractivity contribution in [1.29, 1.82) is 0 Å². The summed E-state index contributed by atoms with van der Waals surface area (Å²) in [7, 11) is 0. The Hall–Kier alpha value is -4.13. The number of benzene rings is 3. The fourth-order valence-corrected chi connectivity index (χ4v) is 3.89. The minimum atomic E-state index is -0.836. The smallest absolute Gasteiger partial charge is 0.303 e. The Morgan fingerprint density at radius 2 is 1.54 bits per heavy atom. The van der Waals surface area contributed by atoms with E-state index in [-0.39, 0.29) is 30.5 Å². The van der Waals surface area contributed by atoms with Crippen molar-refractivity contribution in [1.82, 2.24) is 10.3 Å². The predicted octanol–water partition coefficient (Wildman–Crippen LogP) is 5.91. The first kappa shape index (κ1) is 24.0. The van der Waals surface area contributed by atoms with Crippen LogP contribution in [0.5, 0.6) is 0 Å². The number of carboxylic acids is 1. The van der Waals surface area contributed by atoms with Crippen molar-refractivity contribution in [2.24, 2.45) is 0 Å². The maximum absolute atomic E-state index is 13.5. The maximum atomic E-state index is 13.5. The molecule has 2 N–H and O–H groups in total. The zero-order chi connectivity index (χ0) is 24.8. The third-order valence-corrected chi connectivity index (χ3v) is 5.73. The van der Waals surface area contributed by atoms with Gasteiger partial charge in [0, 0.05) is 29.5 Å². The number of halogens is 2. The first-order valence-electron chi connectivity index (χ1n) is 11.3. The molecule has 3 aromatic carbocycles. The van der Waals surface area contributed by atoms with Crippen molar-refractivity contribution in [3.8, 4) is 11.3 Å². The zero-order valence-corrected chi connectivity index (χ0v) is 18.9. The van der Waals surface area contributed by atoms with E-state index in [0.717, 1.165) is 22.1 Å². The Morgan fingerprint density at radius 3 is 2.23 bits per heavy atom. The van der Waals surface area contributed by atoms with Gasteiger partial charge in [-0.25, -0.2) is 13.8 Å². The van der Waals surface area contributed by atoms with Gasteiger partial charge in [0.15, 0.2) is 0 Å². The number of carboxylic acid groups (broad SMARTS) is 1. The van der Waals surface area contributed by atoms with E-state index >= 15 is 0 Å². The van der Waals surface area contributed by atoms with Crippen molar-refractivity contribution in [2.45, 2.75) is 32.2 Å². The van der Waals surface area contributed by atoms with Gasteiger partial charge >= 0.3 is 5.97 Å². The van der Waals surface area contributed by atoms with Gasteiger partial charge in [-0.15, -0.1) is 0 Å². The molecule has 7 heteroatoms. The van der Waals surface area contributed by atoms with Crippen LogP contribution in [0.15, 0.2) is 72.8 Å². The van der Waals surface area contributed by atoms with Gasteiger partial charge in [0.25, 0.3) is 5.91 Å². The molecule has 0 saturated heterocycles. The number of amides is 1. The van der Waals surface area contributed by atoms with Crippen LogP contribution in [0.3, 0.4) is 0 Å². The molecule has 178 valence electrons. The molecule has 0 unspecified atom stereocenters. The predicted molar refractivity (Wildman–Crippen MR) is 130 cm³/mol. The van der Waals surface area contributed by atoms with Crippen LogP contribution in [-0.4, -0.2) is 22.0 Å². The average Bonchev–Trinajstić information content (AvgIpc) is 2.85. The molecular weight excluding hydrogens is 450 g/mol. The molecule has 1 amide bonds. The normalized spacial score (nSPS) is 10.9. The van der Waals surface area contributed by atoms with E-state index in [1.54, 1.807) is 42.5 Å². The van der Waals surface area contributed by atoms with Gasteiger partial charge in [0.05, 0.1) is 11.2 Å². The highest BCUT2D eigenvalue weighted by Gasteiger charge is 2.13. The number of nitrogens with zero attached hydrogens (tertiary/aromatic N) is 1. The Bertz CT molecular complexity index is 1350. The third-order valence-electron chi connectivity index (χ3n) is 5.73. The van der Waals surface area contributed by atoms with Crippen LogP contribution in [0, 0.1) is 11.6 Å². The number of pyridine rings is 1. The molecule has 0 spiro atoms. The topological polar surface area (TPSA) is 79.3 Å². The van der Waals surface area contributed by atoms with E-state index in [0.29, 0.717) is 36.0 Å². The summed E-state index contributed by atoms with van der Waals surface area (Å²) < 4.78 is 26.5. The van der Waals surface area contributed by atoms with Crippen LogP contribution in [0.4, 0.5) is 8.78 Å². The third kappa shape index (κ3) is 6.26. The van der Waals surface area contributed by atoms with Gasteiger partial charge in [-0.2, -0.15) is 0 Å². The molecule has 0 aliphatic rings. The number of nitrogens with one attached hydrogen (secondary N) is 1. The molecule has 5 nitrogen and oxygen atoms in total. The van der Waals surface area contributed by atoms with Gasteiger partial charge in [-0.05, 0) is 91.1 Å². The molecule has 0 aliphatic carbocycles. The summed E-state index contributed by atoms with van der Waals surface area (Å²) in [5.74, 6) is -1.77. The van der Waals surface area contributed by atoms with Crippen LogP contribution in [-0.2, 0) is 17.8 Å². The minimum Gasteiger partial charge on any atom is -0.481 e. The fraction of sp³-hybridized carbons (Fsp3) is 0.179. The number of fused-ring (bicyclic) bond motifs is 1. The van der Waals surface area contributed by atoms with E-state index in [4.69, 9.17) is 10.1 Å². The lowest BCUT2D eigenvalue weighted by molar-refractivity contribution is -0.137. The number of aromatic nitrogens is 1. The lowest BCUT2D eigenvalue weighted by atomic mass is 9.98. The van der Waals surface area contributed by atoms with E-state index in [1.807, 2.05) is 6.07 Å². The van der Waals surface area contributed by atoms with E-state index in [9.17, 15) is 18.4 Å². The second kappa shape index (κ2) is 10.9. The molecule has 0 radical (unpaired) electrons. The summed E-state index contributed by atoms with van der Waals surface area (Å²) >= 11 is 0. The van der Waals surface area contributed by atoms with Crippen molar-refractivity contribution in [2.75, 3.05) is 0 Å². The number of unbranched alkanes of at least 4 members (excludes halogenated alkanes) is 1. The van der Waals surface area contributed by atoms with Crippen LogP contribution < -0.4 is 5.32 Å². The molecule has 4 rings (SSSR count). The quantitative estimate of drug-likeness (QED) is 0.296. The number of aliphatic carboxylic acids is 1. The van der Waals surface area contributed by atoms with Gasteiger partial charge < -0.3 is 10.4 Å². The van der Waals surface area contributed by atoms with Gasteiger partial charge in [0.1, 0.15) is 11.6 Å². The standard InChI is InChI=1S/C28H24F2N2O3/c29-23-10-5-18(6-11-23)17-31-28(35)21-9-14-25-22(16-21)15-20(3-1-2-4-26(33)34)27(32-25)19-7-12-24(30)13-8-19/h5-16H,1-4,17H2,(H,31,35)(H,33,34). The Morgan fingerprint density at radius 1 is 0.857 bits per heavy atom. The molecule has 1 heterocycles. The van der Waals surface area contributed by atoms with Crippen LogP contribution >= 0.6 is 0 Å². The first-order valence-corrected chi connectivity index (χ1v) is 11.3. The Labute approximate surface area is 201 Å². The molecule has 0 saturated carbocycles. The summed E-state index contributed by atoms with van der Waals surface area (Å²) in [6.45, 7) is 0.272. The van der Waals surface area contributed by atoms with Gasteiger partial charge in [-0.3, -0.25) is 9.59 Å². The summed E-state index contributed by atoms with van der Waals surface area (Å²) in [5, 5.41) is 12.5. The van der Waals surface area contributed by atoms with Crippen LogP contribution in [0.2, 0.25) is 0 Å². The SMILES string of the molecule is O=C(O)CCCCc1cc2cc(C(=O)NCc3ccc(F)cc3)ccc2nc1-c1ccc(F)cc1. The van der Waals surface area contributed by atoms with Crippen molar-refractivity contribution >= 4 is 22.8 Å². The maximum Gasteiger partial charge on any atom is 0.303 e. The largest absolute Gasteiger partial charge is 0.481 e. The van der Waals surface area contributed by atoms with Crippen molar-refractivity contribution in [3.05, 3.63) is 101 Å². The van der Waals surface area contributed by atoms with E-state index in [1.165, 1.54) is 24.3 Å². The lowest BCUT2D eigenvalue weighted by Crippen LogP contribution is -2.22. The minimum absolute atomic E-state index is 0.0886.